The molecule has 0 saturated heterocycles. The minimum atomic E-state index is -0.168. The van der Waals surface area contributed by atoms with E-state index in [0.717, 1.165) is 24.6 Å². The van der Waals surface area contributed by atoms with E-state index >= 15 is 0 Å². The van der Waals surface area contributed by atoms with Crippen molar-refractivity contribution in [3.8, 4) is 0 Å². The monoisotopic (exact) mass is 322 g/mol. The number of nitrogens with one attached hydrogen (secondary N) is 2. The average molecular weight is 322 g/mol. The highest BCUT2D eigenvalue weighted by atomic mass is 19.1. The van der Waals surface area contributed by atoms with Crippen LogP contribution in [0.25, 0.3) is 0 Å². The van der Waals surface area contributed by atoms with Crippen molar-refractivity contribution < 1.29 is 4.39 Å². The molecule has 0 heterocycles. The normalized spacial score (nSPS) is 12.3. The van der Waals surface area contributed by atoms with Gasteiger partial charge in [0.15, 0.2) is 5.96 Å². The minimum absolute atomic E-state index is 0.168. The first-order valence-electron chi connectivity index (χ1n) is 8.30. The summed E-state index contributed by atoms with van der Waals surface area (Å²) in [5, 5.41) is 6.59. The molecule has 0 aliphatic rings. The summed E-state index contributed by atoms with van der Waals surface area (Å²) in [7, 11) is 1.76. The van der Waals surface area contributed by atoms with Crippen molar-refractivity contribution in [1.29, 1.82) is 0 Å². The molecule has 0 aromatic heterocycles. The zero-order valence-electron chi connectivity index (χ0n) is 15.3. The molecular formula is C18H31FN4. The van der Waals surface area contributed by atoms with Crippen molar-refractivity contribution in [2.24, 2.45) is 4.99 Å². The van der Waals surface area contributed by atoms with Crippen LogP contribution < -0.4 is 10.6 Å². The van der Waals surface area contributed by atoms with Crippen molar-refractivity contribution in [3.05, 3.63) is 35.1 Å². The summed E-state index contributed by atoms with van der Waals surface area (Å²) < 4.78 is 13.3. The molecule has 4 nitrogen and oxygen atoms in total. The molecule has 0 atom stereocenters. The van der Waals surface area contributed by atoms with Crippen molar-refractivity contribution in [2.45, 2.75) is 53.2 Å². The van der Waals surface area contributed by atoms with Crippen molar-refractivity contribution in [1.82, 2.24) is 15.5 Å². The Morgan fingerprint density at radius 3 is 2.35 bits per heavy atom. The SMILES string of the molecule is CN=C(NCCN(C(C)C)C(C)C)NCc1ccc(F)c(C)c1. The molecule has 0 unspecified atom stereocenters. The van der Waals surface area contributed by atoms with E-state index in [1.165, 1.54) is 6.07 Å². The lowest BCUT2D eigenvalue weighted by molar-refractivity contribution is 0.178. The molecule has 0 radical (unpaired) electrons. The summed E-state index contributed by atoms with van der Waals surface area (Å²) in [4.78, 5) is 6.67. The van der Waals surface area contributed by atoms with Gasteiger partial charge >= 0.3 is 0 Å². The third-order valence-electron chi connectivity index (χ3n) is 3.89. The molecule has 23 heavy (non-hydrogen) atoms. The molecule has 0 aliphatic heterocycles. The summed E-state index contributed by atoms with van der Waals surface area (Å²) in [6.07, 6.45) is 0. The molecule has 1 aromatic rings. The van der Waals surface area contributed by atoms with Gasteiger partial charge in [-0.25, -0.2) is 4.39 Å². The van der Waals surface area contributed by atoms with Crippen LogP contribution in [0.3, 0.4) is 0 Å². The molecule has 0 spiro atoms. The predicted octanol–water partition coefficient (Wildman–Crippen LogP) is 2.92. The fourth-order valence-corrected chi connectivity index (χ4v) is 2.64. The Labute approximate surface area is 140 Å². The largest absolute Gasteiger partial charge is 0.355 e. The number of aryl methyl sites for hydroxylation is 1. The number of hydrogen-bond donors (Lipinski definition) is 2. The molecule has 0 amide bonds. The van der Waals surface area contributed by atoms with E-state index in [2.05, 4.69) is 48.2 Å². The molecule has 0 bridgehead atoms. The fourth-order valence-electron chi connectivity index (χ4n) is 2.64. The van der Waals surface area contributed by atoms with Gasteiger partial charge in [-0.15, -0.1) is 0 Å². The molecule has 1 aromatic carbocycles. The summed E-state index contributed by atoms with van der Waals surface area (Å²) in [5.41, 5.74) is 1.70. The van der Waals surface area contributed by atoms with E-state index in [1.807, 2.05) is 6.07 Å². The first kappa shape index (κ1) is 19.4. The van der Waals surface area contributed by atoms with E-state index in [9.17, 15) is 4.39 Å². The van der Waals surface area contributed by atoms with Crippen molar-refractivity contribution in [2.75, 3.05) is 20.1 Å². The molecule has 0 fully saturated rings. The van der Waals surface area contributed by atoms with Crippen LogP contribution in [0.5, 0.6) is 0 Å². The quantitative estimate of drug-likeness (QED) is 0.599. The zero-order valence-corrected chi connectivity index (χ0v) is 15.3. The van der Waals surface area contributed by atoms with Gasteiger partial charge in [0, 0.05) is 38.8 Å². The number of nitrogens with zero attached hydrogens (tertiary/aromatic N) is 2. The summed E-state index contributed by atoms with van der Waals surface area (Å²) in [5.74, 6) is 0.596. The van der Waals surface area contributed by atoms with E-state index in [0.29, 0.717) is 24.2 Å². The van der Waals surface area contributed by atoms with E-state index < -0.39 is 0 Å². The van der Waals surface area contributed by atoms with Gasteiger partial charge in [0.05, 0.1) is 0 Å². The van der Waals surface area contributed by atoms with Gasteiger partial charge in [0.25, 0.3) is 0 Å². The van der Waals surface area contributed by atoms with Gasteiger partial charge in [0.2, 0.25) is 0 Å². The summed E-state index contributed by atoms with van der Waals surface area (Å²) in [6, 6.07) is 6.20. The highest BCUT2D eigenvalue weighted by molar-refractivity contribution is 5.79. The fraction of sp³-hybridized carbons (Fsp3) is 0.611. The number of aliphatic imine (C=N–C) groups is 1. The second-order valence-electron chi connectivity index (χ2n) is 6.36. The molecule has 1 rings (SSSR count). The van der Waals surface area contributed by atoms with Gasteiger partial charge in [-0.3, -0.25) is 9.89 Å². The highest BCUT2D eigenvalue weighted by Crippen LogP contribution is 2.08. The number of hydrogen-bond acceptors (Lipinski definition) is 2. The number of halogens is 1. The smallest absolute Gasteiger partial charge is 0.191 e. The van der Waals surface area contributed by atoms with Gasteiger partial charge in [0.1, 0.15) is 5.82 Å². The Morgan fingerprint density at radius 2 is 1.83 bits per heavy atom. The minimum Gasteiger partial charge on any atom is -0.355 e. The lowest BCUT2D eigenvalue weighted by Gasteiger charge is -2.30. The number of rotatable bonds is 7. The first-order chi connectivity index (χ1) is 10.8. The Kier molecular flexibility index (Phi) is 8.03. The predicted molar refractivity (Wildman–Crippen MR) is 96.3 cm³/mol. The van der Waals surface area contributed by atoms with Crippen LogP contribution >= 0.6 is 0 Å². The van der Waals surface area contributed by atoms with Crippen LogP contribution in [0, 0.1) is 12.7 Å². The zero-order chi connectivity index (χ0) is 17.4. The van der Waals surface area contributed by atoms with Crippen molar-refractivity contribution >= 4 is 5.96 Å². The lowest BCUT2D eigenvalue weighted by atomic mass is 10.1. The van der Waals surface area contributed by atoms with Crippen LogP contribution in [0.2, 0.25) is 0 Å². The summed E-state index contributed by atoms with van der Waals surface area (Å²) in [6.45, 7) is 13.0. The maximum absolute atomic E-state index is 13.3. The maximum Gasteiger partial charge on any atom is 0.191 e. The molecule has 0 saturated carbocycles. The second-order valence-corrected chi connectivity index (χ2v) is 6.36. The van der Waals surface area contributed by atoms with E-state index in [4.69, 9.17) is 0 Å². The van der Waals surface area contributed by atoms with Gasteiger partial charge < -0.3 is 10.6 Å². The van der Waals surface area contributed by atoms with Crippen LogP contribution in [-0.4, -0.2) is 43.1 Å². The third kappa shape index (κ3) is 6.57. The van der Waals surface area contributed by atoms with Crippen LogP contribution in [-0.2, 0) is 6.54 Å². The van der Waals surface area contributed by atoms with E-state index in [-0.39, 0.29) is 5.82 Å². The molecule has 5 heteroatoms. The maximum atomic E-state index is 13.3. The Morgan fingerprint density at radius 1 is 1.17 bits per heavy atom. The lowest BCUT2D eigenvalue weighted by Crippen LogP contribution is -2.45. The van der Waals surface area contributed by atoms with E-state index in [1.54, 1.807) is 20.0 Å². The standard InChI is InChI=1S/C18H31FN4/c1-13(2)23(14(3)4)10-9-21-18(20-6)22-12-16-7-8-17(19)15(5)11-16/h7-8,11,13-14H,9-10,12H2,1-6H3,(H2,20,21,22). The van der Waals surface area contributed by atoms with Crippen LogP contribution in [0.15, 0.2) is 23.2 Å². The van der Waals surface area contributed by atoms with Crippen LogP contribution in [0.1, 0.15) is 38.8 Å². The van der Waals surface area contributed by atoms with Crippen molar-refractivity contribution in [3.63, 3.8) is 0 Å². The Balaban J connectivity index is 2.44. The molecule has 130 valence electrons. The molecule has 2 N–H and O–H groups in total. The third-order valence-corrected chi connectivity index (χ3v) is 3.89. The highest BCUT2D eigenvalue weighted by Gasteiger charge is 2.12. The Bertz CT molecular complexity index is 504. The second kappa shape index (κ2) is 9.50. The van der Waals surface area contributed by atoms with Gasteiger partial charge in [-0.05, 0) is 51.8 Å². The Hall–Kier alpha value is -1.62. The summed E-state index contributed by atoms with van der Waals surface area (Å²) >= 11 is 0. The van der Waals surface area contributed by atoms with Gasteiger partial charge in [-0.2, -0.15) is 0 Å². The molecule has 0 aliphatic carbocycles. The average Bonchev–Trinajstić information content (AvgIpc) is 2.49. The number of guanidine groups is 1. The topological polar surface area (TPSA) is 39.7 Å². The van der Waals surface area contributed by atoms with Crippen LogP contribution in [0.4, 0.5) is 4.39 Å². The first-order valence-corrected chi connectivity index (χ1v) is 8.30. The van der Waals surface area contributed by atoms with Gasteiger partial charge in [-0.1, -0.05) is 12.1 Å². The number of benzene rings is 1. The molecular weight excluding hydrogens is 291 g/mol.